The normalized spacial score (nSPS) is 15.9. The molecule has 1 aromatic carbocycles. The highest BCUT2D eigenvalue weighted by atomic mass is 16.5. The first-order chi connectivity index (χ1) is 6.75. The molecule has 0 radical (unpaired) electrons. The number of aromatic hydroxyl groups is 1. The molecule has 0 unspecified atom stereocenters. The second kappa shape index (κ2) is 3.57. The van der Waals surface area contributed by atoms with Gasteiger partial charge in [0.2, 0.25) is 5.91 Å². The summed E-state index contributed by atoms with van der Waals surface area (Å²) in [5, 5.41) is 11.9. The Kier molecular flexibility index (Phi) is 2.26. The number of hydrogen-bond donors (Lipinski definition) is 2. The predicted molar refractivity (Wildman–Crippen MR) is 51.5 cm³/mol. The van der Waals surface area contributed by atoms with Gasteiger partial charge in [0.1, 0.15) is 11.5 Å². The summed E-state index contributed by atoms with van der Waals surface area (Å²) in [6.45, 7) is 0.533. The van der Waals surface area contributed by atoms with Gasteiger partial charge in [-0.3, -0.25) is 4.79 Å². The van der Waals surface area contributed by atoms with Crippen LogP contribution < -0.4 is 10.1 Å². The molecule has 2 N–H and O–H groups in total. The number of benzene rings is 1. The lowest BCUT2D eigenvalue weighted by Crippen LogP contribution is -2.16. The zero-order chi connectivity index (χ0) is 9.97. The fourth-order valence-corrected chi connectivity index (χ4v) is 1.37. The second-order valence-corrected chi connectivity index (χ2v) is 3.18. The molecule has 1 heterocycles. The first-order valence-corrected chi connectivity index (χ1v) is 4.51. The van der Waals surface area contributed by atoms with Gasteiger partial charge in [-0.05, 0) is 18.6 Å². The van der Waals surface area contributed by atoms with E-state index in [0.29, 0.717) is 30.9 Å². The first-order valence-electron chi connectivity index (χ1n) is 4.51. The third kappa shape index (κ3) is 1.79. The highest BCUT2D eigenvalue weighted by molar-refractivity contribution is 5.92. The van der Waals surface area contributed by atoms with Crippen molar-refractivity contribution in [2.75, 3.05) is 11.9 Å². The summed E-state index contributed by atoms with van der Waals surface area (Å²) in [6.07, 6.45) is 1.17. The highest BCUT2D eigenvalue weighted by Gasteiger charge is 2.12. The number of fused-ring (bicyclic) bond motifs is 1. The number of nitrogens with one attached hydrogen (secondary N) is 1. The number of phenolic OH excluding ortho intramolecular Hbond substituents is 1. The van der Waals surface area contributed by atoms with Gasteiger partial charge in [-0.1, -0.05) is 0 Å². The van der Waals surface area contributed by atoms with Gasteiger partial charge < -0.3 is 15.2 Å². The lowest BCUT2D eigenvalue weighted by molar-refractivity contribution is -0.116. The minimum Gasteiger partial charge on any atom is -0.508 e. The van der Waals surface area contributed by atoms with Crippen molar-refractivity contribution >= 4 is 11.6 Å². The fourth-order valence-electron chi connectivity index (χ4n) is 1.37. The van der Waals surface area contributed by atoms with Crippen LogP contribution in [0.5, 0.6) is 11.5 Å². The Bertz CT molecular complexity index is 362. The maximum absolute atomic E-state index is 11.3. The van der Waals surface area contributed by atoms with E-state index in [1.54, 1.807) is 6.07 Å². The number of rotatable bonds is 0. The molecular weight excluding hydrogens is 182 g/mol. The van der Waals surface area contributed by atoms with Crippen LogP contribution in [0.1, 0.15) is 12.8 Å². The monoisotopic (exact) mass is 193 g/mol. The van der Waals surface area contributed by atoms with Gasteiger partial charge in [-0.2, -0.15) is 0 Å². The summed E-state index contributed by atoms with van der Waals surface area (Å²) in [4.78, 5) is 11.3. The number of carbonyl (C=O) groups excluding carboxylic acids is 1. The molecule has 14 heavy (non-hydrogen) atoms. The molecule has 4 heteroatoms. The Balaban J connectivity index is 2.34. The number of anilines is 1. The molecule has 2 rings (SSSR count). The quantitative estimate of drug-likeness (QED) is 0.656. The van der Waals surface area contributed by atoms with Crippen LogP contribution in [0.25, 0.3) is 0 Å². The molecule has 0 aromatic heterocycles. The van der Waals surface area contributed by atoms with E-state index in [0.717, 1.165) is 0 Å². The van der Waals surface area contributed by atoms with Crippen LogP contribution in [0, 0.1) is 0 Å². The van der Waals surface area contributed by atoms with Crippen LogP contribution >= 0.6 is 0 Å². The van der Waals surface area contributed by atoms with E-state index in [-0.39, 0.29) is 11.7 Å². The van der Waals surface area contributed by atoms with Crippen molar-refractivity contribution in [1.29, 1.82) is 0 Å². The molecule has 1 aliphatic heterocycles. The van der Waals surface area contributed by atoms with Crippen molar-refractivity contribution in [1.82, 2.24) is 0 Å². The van der Waals surface area contributed by atoms with E-state index in [4.69, 9.17) is 4.74 Å². The zero-order valence-corrected chi connectivity index (χ0v) is 7.62. The van der Waals surface area contributed by atoms with E-state index in [2.05, 4.69) is 5.32 Å². The van der Waals surface area contributed by atoms with Crippen LogP contribution in [0.4, 0.5) is 5.69 Å². The lowest BCUT2D eigenvalue weighted by atomic mass is 10.2. The highest BCUT2D eigenvalue weighted by Crippen LogP contribution is 2.29. The zero-order valence-electron chi connectivity index (χ0n) is 7.62. The maximum Gasteiger partial charge on any atom is 0.224 e. The number of carbonyl (C=O) groups is 1. The summed E-state index contributed by atoms with van der Waals surface area (Å²) in [7, 11) is 0. The van der Waals surface area contributed by atoms with Crippen LogP contribution in [0.2, 0.25) is 0 Å². The Hall–Kier alpha value is -1.71. The number of hydrogen-bond acceptors (Lipinski definition) is 3. The minimum atomic E-state index is -0.0415. The summed E-state index contributed by atoms with van der Waals surface area (Å²) in [6, 6.07) is 4.67. The van der Waals surface area contributed by atoms with Crippen LogP contribution in [0.3, 0.4) is 0 Å². The molecule has 1 aromatic rings. The first kappa shape index (κ1) is 8.87. The van der Waals surface area contributed by atoms with E-state index in [9.17, 15) is 9.90 Å². The van der Waals surface area contributed by atoms with Gasteiger partial charge in [-0.25, -0.2) is 0 Å². The number of phenols is 1. The largest absolute Gasteiger partial charge is 0.508 e. The molecule has 74 valence electrons. The Morgan fingerprint density at radius 1 is 1.43 bits per heavy atom. The Morgan fingerprint density at radius 2 is 2.29 bits per heavy atom. The van der Waals surface area contributed by atoms with E-state index in [1.807, 2.05) is 0 Å². The summed E-state index contributed by atoms with van der Waals surface area (Å²) >= 11 is 0. The van der Waals surface area contributed by atoms with Crippen molar-refractivity contribution in [2.45, 2.75) is 12.8 Å². The topological polar surface area (TPSA) is 58.6 Å². The molecule has 4 nitrogen and oxygen atoms in total. The smallest absolute Gasteiger partial charge is 0.224 e. The van der Waals surface area contributed by atoms with E-state index >= 15 is 0 Å². The molecule has 0 fully saturated rings. The average molecular weight is 193 g/mol. The predicted octanol–water partition coefficient (Wildman–Crippen LogP) is 1.50. The molecule has 0 aliphatic carbocycles. The van der Waals surface area contributed by atoms with Crippen molar-refractivity contribution < 1.29 is 14.6 Å². The average Bonchev–Trinajstić information content (AvgIpc) is 2.12. The molecular formula is C10H11NO3. The molecule has 0 atom stereocenters. The molecule has 0 bridgehead atoms. The van der Waals surface area contributed by atoms with Gasteiger partial charge in [0.25, 0.3) is 0 Å². The molecule has 0 saturated heterocycles. The van der Waals surface area contributed by atoms with Crippen molar-refractivity contribution in [2.24, 2.45) is 0 Å². The SMILES string of the molecule is O=C1CCCOc2ccc(O)cc2N1. The van der Waals surface area contributed by atoms with Crippen molar-refractivity contribution in [3.05, 3.63) is 18.2 Å². The van der Waals surface area contributed by atoms with Crippen molar-refractivity contribution in [3.63, 3.8) is 0 Å². The van der Waals surface area contributed by atoms with Gasteiger partial charge in [0, 0.05) is 12.5 Å². The molecule has 1 amide bonds. The van der Waals surface area contributed by atoms with Gasteiger partial charge in [0.15, 0.2) is 0 Å². The van der Waals surface area contributed by atoms with E-state index in [1.165, 1.54) is 12.1 Å². The van der Waals surface area contributed by atoms with E-state index < -0.39 is 0 Å². The van der Waals surface area contributed by atoms with Gasteiger partial charge in [0.05, 0.1) is 12.3 Å². The summed E-state index contributed by atoms with van der Waals surface area (Å²) in [5.74, 6) is 0.684. The number of ether oxygens (including phenoxy) is 1. The third-order valence-corrected chi connectivity index (χ3v) is 2.04. The number of amides is 1. The van der Waals surface area contributed by atoms with Crippen LogP contribution in [0.15, 0.2) is 18.2 Å². The molecule has 0 saturated carbocycles. The van der Waals surface area contributed by atoms with Crippen LogP contribution in [-0.4, -0.2) is 17.6 Å². The second-order valence-electron chi connectivity index (χ2n) is 3.18. The fraction of sp³-hybridized carbons (Fsp3) is 0.300. The standard InChI is InChI=1S/C10H11NO3/c12-7-3-4-9-8(6-7)11-10(13)2-1-5-14-9/h3-4,6,12H,1-2,5H2,(H,11,13). The summed E-state index contributed by atoms with van der Waals surface area (Å²) < 4.78 is 5.41. The Labute approximate surface area is 81.5 Å². The van der Waals surface area contributed by atoms with Crippen LogP contribution in [-0.2, 0) is 4.79 Å². The third-order valence-electron chi connectivity index (χ3n) is 2.04. The summed E-state index contributed by atoms with van der Waals surface area (Å²) in [5.41, 5.74) is 0.537. The van der Waals surface area contributed by atoms with Gasteiger partial charge in [-0.15, -0.1) is 0 Å². The van der Waals surface area contributed by atoms with Crippen molar-refractivity contribution in [3.8, 4) is 11.5 Å². The molecule has 0 spiro atoms. The maximum atomic E-state index is 11.3. The molecule has 1 aliphatic rings. The Morgan fingerprint density at radius 3 is 3.14 bits per heavy atom. The lowest BCUT2D eigenvalue weighted by Gasteiger charge is -2.15. The minimum absolute atomic E-state index is 0.0415. The van der Waals surface area contributed by atoms with Gasteiger partial charge >= 0.3 is 0 Å².